The molecule has 2 aromatic carbocycles. The molecule has 8 heteroatoms. The number of carbonyl (C=O) groups excluding carboxylic acids is 1. The Bertz CT molecular complexity index is 1290. The van der Waals surface area contributed by atoms with E-state index in [1.807, 2.05) is 0 Å². The maximum absolute atomic E-state index is 13.5. The van der Waals surface area contributed by atoms with Gasteiger partial charge in [0.25, 0.3) is 5.91 Å². The Morgan fingerprint density at radius 1 is 1.14 bits per heavy atom. The third kappa shape index (κ3) is 2.47. The fraction of sp³-hybridized carbons (Fsp3) is 0.0500. The van der Waals surface area contributed by atoms with Crippen LogP contribution < -0.4 is 10.3 Å². The first-order chi connectivity index (χ1) is 13.5. The molecule has 0 N–H and O–H groups in total. The summed E-state index contributed by atoms with van der Waals surface area (Å²) in [7, 11) is 0. The molecule has 0 saturated heterocycles. The molecular weight excluding hydrogens is 403 g/mol. The van der Waals surface area contributed by atoms with Crippen LogP contribution in [0, 0.1) is 5.82 Å². The molecule has 138 valence electrons. The molecule has 0 fully saturated rings. The van der Waals surface area contributed by atoms with Crippen molar-refractivity contribution in [3.63, 3.8) is 0 Å². The van der Waals surface area contributed by atoms with Gasteiger partial charge in [-0.25, -0.2) is 9.37 Å². The second-order valence-electron chi connectivity index (χ2n) is 6.26. The van der Waals surface area contributed by atoms with Crippen LogP contribution >= 0.6 is 22.9 Å². The lowest BCUT2D eigenvalue weighted by Gasteiger charge is -2.22. The van der Waals surface area contributed by atoms with Crippen molar-refractivity contribution >= 4 is 44.9 Å². The third-order valence-electron chi connectivity index (χ3n) is 4.64. The largest absolute Gasteiger partial charge is 0.450 e. The molecule has 1 atom stereocenters. The van der Waals surface area contributed by atoms with Crippen LogP contribution in [0.15, 0.2) is 63.3 Å². The summed E-state index contributed by atoms with van der Waals surface area (Å²) in [6, 6.07) is 9.57. The van der Waals surface area contributed by atoms with E-state index >= 15 is 0 Å². The Kier molecular flexibility index (Phi) is 3.82. The summed E-state index contributed by atoms with van der Waals surface area (Å²) in [5.74, 6) is -0.913. The number of halogens is 2. The Labute approximate surface area is 166 Å². The predicted octanol–water partition coefficient (Wildman–Crippen LogP) is 4.79. The van der Waals surface area contributed by atoms with Crippen molar-refractivity contribution in [2.24, 2.45) is 0 Å². The van der Waals surface area contributed by atoms with E-state index in [1.54, 1.807) is 35.8 Å². The summed E-state index contributed by atoms with van der Waals surface area (Å²) >= 11 is 7.31. The Morgan fingerprint density at radius 2 is 1.93 bits per heavy atom. The minimum Gasteiger partial charge on any atom is -0.450 e. The smallest absolute Gasteiger partial charge is 0.297 e. The number of carbonyl (C=O) groups is 1. The molecule has 0 unspecified atom stereocenters. The number of hydrogen-bond acceptors (Lipinski definition) is 5. The zero-order valence-corrected chi connectivity index (χ0v) is 15.6. The van der Waals surface area contributed by atoms with E-state index in [-0.39, 0.29) is 27.7 Å². The normalized spacial score (nSPS) is 16.0. The standard InChI is InChI=1S/C20H10ClFN2O3S/c21-11-3-6-14-13(9-11)17(25)15-16(10-1-4-12(22)5-2-10)24(19(26)18(15)27-14)20-23-7-8-28-20/h1-9,16H/t16-/m1/s1. The minimum atomic E-state index is -0.770. The number of aromatic nitrogens is 1. The Hall–Kier alpha value is -3.03. The zero-order chi connectivity index (χ0) is 19.4. The van der Waals surface area contributed by atoms with Gasteiger partial charge in [-0.05, 0) is 35.9 Å². The number of nitrogens with zero attached hydrogens (tertiary/aromatic N) is 2. The lowest BCUT2D eigenvalue weighted by atomic mass is 9.99. The van der Waals surface area contributed by atoms with E-state index in [0.29, 0.717) is 15.7 Å². The highest BCUT2D eigenvalue weighted by atomic mass is 35.5. The van der Waals surface area contributed by atoms with Crippen LogP contribution in [0.5, 0.6) is 0 Å². The summed E-state index contributed by atoms with van der Waals surface area (Å²) < 4.78 is 19.3. The molecule has 2 aromatic heterocycles. The van der Waals surface area contributed by atoms with Crippen molar-refractivity contribution in [3.05, 3.63) is 92.0 Å². The van der Waals surface area contributed by atoms with Crippen molar-refractivity contribution in [2.75, 3.05) is 4.90 Å². The number of thiazole rings is 1. The fourth-order valence-corrected chi connectivity index (χ4v) is 4.28. The molecule has 1 aliphatic rings. The quantitative estimate of drug-likeness (QED) is 0.474. The van der Waals surface area contributed by atoms with Crippen LogP contribution in [-0.2, 0) is 0 Å². The van der Waals surface area contributed by atoms with Crippen molar-refractivity contribution in [1.82, 2.24) is 4.98 Å². The SMILES string of the molecule is O=C1c2oc3ccc(Cl)cc3c(=O)c2[C@@H](c2ccc(F)cc2)N1c1nccs1. The maximum Gasteiger partial charge on any atom is 0.297 e. The number of anilines is 1. The fourth-order valence-electron chi connectivity index (χ4n) is 3.44. The number of hydrogen-bond donors (Lipinski definition) is 0. The second-order valence-corrected chi connectivity index (χ2v) is 7.57. The number of amides is 1. The van der Waals surface area contributed by atoms with Crippen LogP contribution in [-0.4, -0.2) is 10.9 Å². The number of rotatable bonds is 2. The average Bonchev–Trinajstić information content (AvgIpc) is 3.30. The molecule has 1 amide bonds. The van der Waals surface area contributed by atoms with Gasteiger partial charge in [0.15, 0.2) is 10.6 Å². The van der Waals surface area contributed by atoms with Crippen LogP contribution in [0.2, 0.25) is 5.02 Å². The highest BCUT2D eigenvalue weighted by Crippen LogP contribution is 2.41. The number of benzene rings is 2. The lowest BCUT2D eigenvalue weighted by Crippen LogP contribution is -2.29. The van der Waals surface area contributed by atoms with Gasteiger partial charge >= 0.3 is 0 Å². The van der Waals surface area contributed by atoms with E-state index in [0.717, 1.165) is 0 Å². The summed E-state index contributed by atoms with van der Waals surface area (Å²) in [6.45, 7) is 0. The molecule has 0 saturated carbocycles. The molecular formula is C20H10ClFN2O3S. The van der Waals surface area contributed by atoms with Crippen molar-refractivity contribution in [1.29, 1.82) is 0 Å². The first kappa shape index (κ1) is 17.1. The summed E-state index contributed by atoms with van der Waals surface area (Å²) in [6.07, 6.45) is 1.57. The molecule has 3 heterocycles. The minimum absolute atomic E-state index is 0.0376. The van der Waals surface area contributed by atoms with Gasteiger partial charge in [0.1, 0.15) is 11.4 Å². The van der Waals surface area contributed by atoms with Gasteiger partial charge in [-0.2, -0.15) is 0 Å². The van der Waals surface area contributed by atoms with Gasteiger partial charge in [-0.1, -0.05) is 23.7 Å². The molecule has 0 bridgehead atoms. The Balaban J connectivity index is 1.83. The predicted molar refractivity (Wildman–Crippen MR) is 105 cm³/mol. The maximum atomic E-state index is 13.5. The van der Waals surface area contributed by atoms with Gasteiger partial charge in [0.05, 0.1) is 17.0 Å². The van der Waals surface area contributed by atoms with Crippen molar-refractivity contribution in [2.45, 2.75) is 6.04 Å². The van der Waals surface area contributed by atoms with E-state index in [2.05, 4.69) is 4.98 Å². The lowest BCUT2D eigenvalue weighted by molar-refractivity contribution is 0.0971. The molecule has 1 aliphatic heterocycles. The highest BCUT2D eigenvalue weighted by Gasteiger charge is 2.44. The van der Waals surface area contributed by atoms with Crippen LogP contribution in [0.25, 0.3) is 11.0 Å². The van der Waals surface area contributed by atoms with Crippen LogP contribution in [0.3, 0.4) is 0 Å². The van der Waals surface area contributed by atoms with Gasteiger partial charge < -0.3 is 4.42 Å². The topological polar surface area (TPSA) is 63.4 Å². The van der Waals surface area contributed by atoms with Crippen LogP contribution in [0.4, 0.5) is 9.52 Å². The van der Waals surface area contributed by atoms with E-state index in [9.17, 15) is 14.0 Å². The van der Waals surface area contributed by atoms with Crippen LogP contribution in [0.1, 0.15) is 27.7 Å². The summed E-state index contributed by atoms with van der Waals surface area (Å²) in [5, 5.41) is 2.83. The molecule has 5 nitrogen and oxygen atoms in total. The third-order valence-corrected chi connectivity index (χ3v) is 5.65. The van der Waals surface area contributed by atoms with Gasteiger partial charge in [0, 0.05) is 16.6 Å². The Morgan fingerprint density at radius 3 is 2.64 bits per heavy atom. The molecule has 0 radical (unpaired) electrons. The van der Waals surface area contributed by atoms with Gasteiger partial charge in [-0.3, -0.25) is 14.5 Å². The summed E-state index contributed by atoms with van der Waals surface area (Å²) in [4.78, 5) is 32.1. The van der Waals surface area contributed by atoms with E-state index in [4.69, 9.17) is 16.0 Å². The zero-order valence-electron chi connectivity index (χ0n) is 14.1. The van der Waals surface area contributed by atoms with Crippen molar-refractivity contribution < 1.29 is 13.6 Å². The van der Waals surface area contributed by atoms with Crippen molar-refractivity contribution in [3.8, 4) is 0 Å². The first-order valence-corrected chi connectivity index (χ1v) is 9.55. The second kappa shape index (κ2) is 6.25. The van der Waals surface area contributed by atoms with Gasteiger partial charge in [-0.15, -0.1) is 11.3 Å². The molecule has 5 rings (SSSR count). The van der Waals surface area contributed by atoms with E-state index in [1.165, 1.54) is 34.4 Å². The molecule has 28 heavy (non-hydrogen) atoms. The number of fused-ring (bicyclic) bond motifs is 2. The highest BCUT2D eigenvalue weighted by molar-refractivity contribution is 7.13. The van der Waals surface area contributed by atoms with E-state index < -0.39 is 17.8 Å². The summed E-state index contributed by atoms with van der Waals surface area (Å²) in [5.41, 5.74) is 0.708. The molecule has 0 spiro atoms. The van der Waals surface area contributed by atoms with Gasteiger partial charge in [0.2, 0.25) is 5.76 Å². The monoisotopic (exact) mass is 412 g/mol. The molecule has 0 aliphatic carbocycles. The average molecular weight is 413 g/mol. The molecule has 4 aromatic rings. The first-order valence-electron chi connectivity index (χ1n) is 8.29.